The van der Waals surface area contributed by atoms with Crippen LogP contribution in [0.4, 0.5) is 5.69 Å². The van der Waals surface area contributed by atoms with Crippen molar-refractivity contribution >= 4 is 45.3 Å². The largest absolute Gasteiger partial charge is 0.339 e. The molecule has 2 N–H and O–H groups in total. The first-order valence-electron chi connectivity index (χ1n) is 10.2. The van der Waals surface area contributed by atoms with Gasteiger partial charge in [0.1, 0.15) is 0 Å². The highest BCUT2D eigenvalue weighted by Gasteiger charge is 2.15. The number of thiophene rings is 1. The summed E-state index contributed by atoms with van der Waals surface area (Å²) in [4.78, 5) is 19.2. The molecule has 31 heavy (non-hydrogen) atoms. The summed E-state index contributed by atoms with van der Waals surface area (Å²) in [5.41, 5.74) is 5.87. The SMILES string of the molecule is Cc1cccc(NC(=S)N(Cc2cccs2)Cc2cc3cc(C)cc(C)c3[nH]c2=O)c1. The lowest BCUT2D eigenvalue weighted by Crippen LogP contribution is -2.35. The van der Waals surface area contributed by atoms with Crippen molar-refractivity contribution in [3.05, 3.63) is 97.5 Å². The zero-order chi connectivity index (χ0) is 22.0. The summed E-state index contributed by atoms with van der Waals surface area (Å²) in [6.07, 6.45) is 0. The van der Waals surface area contributed by atoms with Crippen LogP contribution in [0.1, 0.15) is 27.1 Å². The molecule has 0 amide bonds. The molecule has 0 aliphatic heterocycles. The molecule has 158 valence electrons. The molecule has 4 aromatic rings. The fraction of sp³-hybridized carbons (Fsp3) is 0.200. The van der Waals surface area contributed by atoms with Gasteiger partial charge in [0.05, 0.1) is 18.6 Å². The van der Waals surface area contributed by atoms with Crippen LogP contribution in [0.15, 0.2) is 64.8 Å². The van der Waals surface area contributed by atoms with Crippen LogP contribution in [0.3, 0.4) is 0 Å². The summed E-state index contributed by atoms with van der Waals surface area (Å²) in [5, 5.41) is 7.03. The predicted octanol–water partition coefficient (Wildman–Crippen LogP) is 5.91. The molecule has 6 heteroatoms. The Morgan fingerprint density at radius 1 is 1.03 bits per heavy atom. The van der Waals surface area contributed by atoms with Gasteiger partial charge in [0, 0.05) is 16.1 Å². The Morgan fingerprint density at radius 2 is 1.87 bits per heavy atom. The Bertz CT molecular complexity index is 1290. The number of fused-ring (bicyclic) bond motifs is 1. The van der Waals surface area contributed by atoms with E-state index in [0.717, 1.165) is 27.7 Å². The van der Waals surface area contributed by atoms with Gasteiger partial charge in [-0.1, -0.05) is 29.8 Å². The minimum absolute atomic E-state index is 0.0750. The first-order chi connectivity index (χ1) is 14.9. The highest BCUT2D eigenvalue weighted by molar-refractivity contribution is 7.80. The number of aromatic amines is 1. The predicted molar refractivity (Wildman–Crippen MR) is 135 cm³/mol. The summed E-state index contributed by atoms with van der Waals surface area (Å²) < 4.78 is 0. The molecule has 0 saturated heterocycles. The van der Waals surface area contributed by atoms with E-state index in [1.54, 1.807) is 11.3 Å². The molecule has 2 aromatic carbocycles. The van der Waals surface area contributed by atoms with E-state index in [1.807, 2.05) is 36.1 Å². The first kappa shape index (κ1) is 21.3. The lowest BCUT2D eigenvalue weighted by atomic mass is 10.1. The van der Waals surface area contributed by atoms with Crippen LogP contribution >= 0.6 is 23.6 Å². The summed E-state index contributed by atoms with van der Waals surface area (Å²) in [7, 11) is 0. The Balaban J connectivity index is 1.66. The minimum atomic E-state index is -0.0750. The van der Waals surface area contributed by atoms with E-state index >= 15 is 0 Å². The number of hydrogen-bond acceptors (Lipinski definition) is 3. The maximum Gasteiger partial charge on any atom is 0.253 e. The third-order valence-electron chi connectivity index (χ3n) is 5.21. The molecule has 0 fully saturated rings. The molecule has 0 atom stereocenters. The number of rotatable bonds is 5. The van der Waals surface area contributed by atoms with E-state index in [4.69, 9.17) is 12.2 Å². The number of thiocarbonyl (C=S) groups is 1. The number of benzene rings is 2. The molecule has 4 rings (SSSR count). The van der Waals surface area contributed by atoms with E-state index in [2.05, 4.69) is 59.9 Å². The number of aryl methyl sites for hydroxylation is 3. The smallest absolute Gasteiger partial charge is 0.253 e. The molecule has 0 bridgehead atoms. The van der Waals surface area contributed by atoms with E-state index in [-0.39, 0.29) is 5.56 Å². The van der Waals surface area contributed by atoms with Crippen molar-refractivity contribution in [3.63, 3.8) is 0 Å². The van der Waals surface area contributed by atoms with Crippen molar-refractivity contribution in [2.75, 3.05) is 5.32 Å². The quantitative estimate of drug-likeness (QED) is 0.373. The number of H-pyrrole nitrogens is 1. The van der Waals surface area contributed by atoms with Gasteiger partial charge in [-0.3, -0.25) is 4.79 Å². The van der Waals surface area contributed by atoms with E-state index in [1.165, 1.54) is 10.4 Å². The number of hydrogen-bond donors (Lipinski definition) is 2. The molecule has 0 spiro atoms. The molecular formula is C25H25N3OS2. The molecule has 4 nitrogen and oxygen atoms in total. The van der Waals surface area contributed by atoms with Crippen molar-refractivity contribution in [3.8, 4) is 0 Å². The Kier molecular flexibility index (Phi) is 6.20. The van der Waals surface area contributed by atoms with E-state index in [9.17, 15) is 4.79 Å². The van der Waals surface area contributed by atoms with E-state index in [0.29, 0.717) is 23.8 Å². The second-order valence-corrected chi connectivity index (χ2v) is 9.32. The first-order valence-corrected chi connectivity index (χ1v) is 11.5. The van der Waals surface area contributed by atoms with Crippen LogP contribution in [0.25, 0.3) is 10.9 Å². The highest BCUT2D eigenvalue weighted by Crippen LogP contribution is 2.20. The van der Waals surface area contributed by atoms with Crippen LogP contribution in [-0.4, -0.2) is 15.0 Å². The molecule has 0 radical (unpaired) electrons. The summed E-state index contributed by atoms with van der Waals surface area (Å²) in [6, 6.07) is 18.4. The zero-order valence-electron chi connectivity index (χ0n) is 17.9. The van der Waals surface area contributed by atoms with Crippen LogP contribution in [-0.2, 0) is 13.1 Å². The fourth-order valence-corrected chi connectivity index (χ4v) is 4.74. The Morgan fingerprint density at radius 3 is 2.61 bits per heavy atom. The maximum atomic E-state index is 12.9. The van der Waals surface area contributed by atoms with Gasteiger partial charge in [-0.05, 0) is 85.2 Å². The highest BCUT2D eigenvalue weighted by atomic mass is 32.1. The van der Waals surface area contributed by atoms with Crippen LogP contribution in [0, 0.1) is 20.8 Å². The van der Waals surface area contributed by atoms with Crippen LogP contribution in [0.2, 0.25) is 0 Å². The summed E-state index contributed by atoms with van der Waals surface area (Å²) >= 11 is 7.44. The number of nitrogens with one attached hydrogen (secondary N) is 2. The molecule has 2 heterocycles. The molecule has 0 aliphatic carbocycles. The molecule has 2 aromatic heterocycles. The van der Waals surface area contributed by atoms with Crippen LogP contribution < -0.4 is 10.9 Å². The third kappa shape index (κ3) is 5.03. The third-order valence-corrected chi connectivity index (χ3v) is 6.44. The second kappa shape index (κ2) is 9.04. The topological polar surface area (TPSA) is 48.1 Å². The van der Waals surface area contributed by atoms with Crippen molar-refractivity contribution in [2.45, 2.75) is 33.9 Å². The number of nitrogens with zero attached hydrogens (tertiary/aromatic N) is 1. The van der Waals surface area contributed by atoms with Crippen molar-refractivity contribution in [2.24, 2.45) is 0 Å². The zero-order valence-corrected chi connectivity index (χ0v) is 19.5. The second-order valence-electron chi connectivity index (χ2n) is 7.90. The van der Waals surface area contributed by atoms with Crippen LogP contribution in [0.5, 0.6) is 0 Å². The van der Waals surface area contributed by atoms with Gasteiger partial charge in [0.25, 0.3) is 5.56 Å². The van der Waals surface area contributed by atoms with Gasteiger partial charge in [-0.2, -0.15) is 0 Å². The molecule has 0 saturated carbocycles. The van der Waals surface area contributed by atoms with Crippen molar-refractivity contribution in [1.29, 1.82) is 0 Å². The fourth-order valence-electron chi connectivity index (χ4n) is 3.77. The van der Waals surface area contributed by atoms with Gasteiger partial charge in [-0.15, -0.1) is 11.3 Å². The number of pyridine rings is 1. The van der Waals surface area contributed by atoms with Gasteiger partial charge in [0.15, 0.2) is 5.11 Å². The molecule has 0 unspecified atom stereocenters. The van der Waals surface area contributed by atoms with E-state index < -0.39 is 0 Å². The monoisotopic (exact) mass is 447 g/mol. The van der Waals surface area contributed by atoms with Gasteiger partial charge >= 0.3 is 0 Å². The molecule has 0 aliphatic rings. The minimum Gasteiger partial charge on any atom is -0.339 e. The standard InChI is InChI=1S/C25H25N3OS2/c1-16-6-4-7-21(12-16)26-25(30)28(15-22-8-5-9-31-22)14-20-13-19-11-17(2)10-18(3)23(19)27-24(20)29/h4-13H,14-15H2,1-3H3,(H,26,30)(H,27,29). The number of aromatic nitrogens is 1. The average Bonchev–Trinajstić information content (AvgIpc) is 3.22. The van der Waals surface area contributed by atoms with Gasteiger partial charge < -0.3 is 15.2 Å². The maximum absolute atomic E-state index is 12.9. The summed E-state index contributed by atoms with van der Waals surface area (Å²) in [6.45, 7) is 7.21. The average molecular weight is 448 g/mol. The summed E-state index contributed by atoms with van der Waals surface area (Å²) in [5.74, 6) is 0. The Labute approximate surface area is 191 Å². The van der Waals surface area contributed by atoms with Gasteiger partial charge in [-0.25, -0.2) is 0 Å². The lowest BCUT2D eigenvalue weighted by molar-refractivity contribution is 0.415. The lowest BCUT2D eigenvalue weighted by Gasteiger charge is -2.25. The van der Waals surface area contributed by atoms with Crippen molar-refractivity contribution < 1.29 is 0 Å². The normalized spacial score (nSPS) is 10.9. The van der Waals surface area contributed by atoms with Gasteiger partial charge in [0.2, 0.25) is 0 Å². The van der Waals surface area contributed by atoms with Crippen molar-refractivity contribution in [1.82, 2.24) is 9.88 Å². The Hall–Kier alpha value is -2.96. The molecular weight excluding hydrogens is 422 g/mol. The number of anilines is 1.